The van der Waals surface area contributed by atoms with Crippen LogP contribution in [0.1, 0.15) is 25.5 Å². The standard InChI is InChI=1S/C16H22N2OS/c1-2-3-9-18(10-11-19)12-15-13-20-16(17-15)14-7-5-4-6-8-14/h4-8,13,19H,2-3,9-12H2,1H3. The molecule has 0 atom stereocenters. The maximum Gasteiger partial charge on any atom is 0.123 e. The second kappa shape index (κ2) is 8.15. The molecule has 1 N–H and O–H groups in total. The average Bonchev–Trinajstić information content (AvgIpc) is 2.94. The molecule has 0 unspecified atom stereocenters. The van der Waals surface area contributed by atoms with E-state index < -0.39 is 0 Å². The fourth-order valence-electron chi connectivity index (χ4n) is 2.12. The molecule has 0 aliphatic rings. The summed E-state index contributed by atoms with van der Waals surface area (Å²) in [7, 11) is 0. The summed E-state index contributed by atoms with van der Waals surface area (Å²) in [4.78, 5) is 6.98. The summed E-state index contributed by atoms with van der Waals surface area (Å²) in [6.07, 6.45) is 2.34. The van der Waals surface area contributed by atoms with Crippen LogP contribution in [0.15, 0.2) is 35.7 Å². The summed E-state index contributed by atoms with van der Waals surface area (Å²) in [5.74, 6) is 0. The minimum Gasteiger partial charge on any atom is -0.395 e. The van der Waals surface area contributed by atoms with Crippen molar-refractivity contribution in [3.05, 3.63) is 41.4 Å². The minimum absolute atomic E-state index is 0.208. The number of hydrogen-bond acceptors (Lipinski definition) is 4. The smallest absolute Gasteiger partial charge is 0.123 e. The molecule has 0 fully saturated rings. The van der Waals surface area contributed by atoms with Gasteiger partial charge in [-0.05, 0) is 13.0 Å². The Labute approximate surface area is 124 Å². The number of unbranched alkanes of at least 4 members (excludes halogenated alkanes) is 1. The molecule has 1 aromatic carbocycles. The van der Waals surface area contributed by atoms with Crippen molar-refractivity contribution in [2.75, 3.05) is 19.7 Å². The number of hydrogen-bond donors (Lipinski definition) is 1. The third kappa shape index (κ3) is 4.40. The number of rotatable bonds is 8. The van der Waals surface area contributed by atoms with E-state index in [1.54, 1.807) is 11.3 Å². The van der Waals surface area contributed by atoms with Crippen molar-refractivity contribution in [1.29, 1.82) is 0 Å². The first kappa shape index (κ1) is 15.2. The molecular formula is C16H22N2OS. The summed E-state index contributed by atoms with van der Waals surface area (Å²) >= 11 is 1.69. The highest BCUT2D eigenvalue weighted by Crippen LogP contribution is 2.23. The predicted molar refractivity (Wildman–Crippen MR) is 84.8 cm³/mol. The first-order valence-electron chi connectivity index (χ1n) is 7.16. The number of thiazole rings is 1. The highest BCUT2D eigenvalue weighted by molar-refractivity contribution is 7.13. The van der Waals surface area contributed by atoms with E-state index in [0.717, 1.165) is 36.8 Å². The van der Waals surface area contributed by atoms with Gasteiger partial charge in [0.05, 0.1) is 12.3 Å². The lowest BCUT2D eigenvalue weighted by Crippen LogP contribution is -2.27. The van der Waals surface area contributed by atoms with Crippen molar-refractivity contribution in [3.8, 4) is 10.6 Å². The molecule has 0 saturated carbocycles. The van der Waals surface area contributed by atoms with Gasteiger partial charge in [-0.25, -0.2) is 4.98 Å². The summed E-state index contributed by atoms with van der Waals surface area (Å²) in [6.45, 7) is 4.96. The molecule has 108 valence electrons. The molecule has 20 heavy (non-hydrogen) atoms. The van der Waals surface area contributed by atoms with Crippen LogP contribution < -0.4 is 0 Å². The largest absolute Gasteiger partial charge is 0.395 e. The summed E-state index contributed by atoms with van der Waals surface area (Å²) in [5, 5.41) is 12.3. The van der Waals surface area contributed by atoms with Crippen LogP contribution in [0.25, 0.3) is 10.6 Å². The van der Waals surface area contributed by atoms with Gasteiger partial charge >= 0.3 is 0 Å². The number of aromatic nitrogens is 1. The molecule has 0 spiro atoms. The van der Waals surface area contributed by atoms with Crippen molar-refractivity contribution in [2.45, 2.75) is 26.3 Å². The Bertz CT molecular complexity index is 498. The van der Waals surface area contributed by atoms with Gasteiger partial charge < -0.3 is 5.11 Å². The molecule has 2 rings (SSSR count). The van der Waals surface area contributed by atoms with E-state index in [4.69, 9.17) is 10.1 Å². The van der Waals surface area contributed by atoms with Crippen molar-refractivity contribution < 1.29 is 5.11 Å². The zero-order valence-corrected chi connectivity index (χ0v) is 12.8. The number of benzene rings is 1. The monoisotopic (exact) mass is 290 g/mol. The second-order valence-corrected chi connectivity index (χ2v) is 5.72. The van der Waals surface area contributed by atoms with Crippen LogP contribution in [0.2, 0.25) is 0 Å². The Balaban J connectivity index is 2.00. The highest BCUT2D eigenvalue weighted by atomic mass is 32.1. The first-order chi connectivity index (χ1) is 9.83. The number of aliphatic hydroxyl groups is 1. The summed E-state index contributed by atoms with van der Waals surface area (Å²) < 4.78 is 0. The quantitative estimate of drug-likeness (QED) is 0.809. The number of nitrogens with zero attached hydrogens (tertiary/aromatic N) is 2. The van der Waals surface area contributed by atoms with Crippen molar-refractivity contribution in [2.24, 2.45) is 0 Å². The van der Waals surface area contributed by atoms with E-state index in [1.165, 1.54) is 12.0 Å². The maximum absolute atomic E-state index is 9.14. The van der Waals surface area contributed by atoms with Crippen molar-refractivity contribution in [3.63, 3.8) is 0 Å². The Kier molecular flexibility index (Phi) is 6.18. The SMILES string of the molecule is CCCCN(CCO)Cc1csc(-c2ccccc2)n1. The zero-order valence-electron chi connectivity index (χ0n) is 12.0. The van der Waals surface area contributed by atoms with Crippen LogP contribution in [0.4, 0.5) is 0 Å². The van der Waals surface area contributed by atoms with Crippen molar-refractivity contribution >= 4 is 11.3 Å². The first-order valence-corrected chi connectivity index (χ1v) is 8.04. The molecule has 3 nitrogen and oxygen atoms in total. The molecule has 0 aliphatic carbocycles. The molecular weight excluding hydrogens is 268 g/mol. The minimum atomic E-state index is 0.208. The fourth-order valence-corrected chi connectivity index (χ4v) is 2.93. The molecule has 1 aromatic heterocycles. The predicted octanol–water partition coefficient (Wildman–Crippen LogP) is 3.40. The van der Waals surface area contributed by atoms with Crippen LogP contribution in [0.3, 0.4) is 0 Å². The van der Waals surface area contributed by atoms with Gasteiger partial charge in [-0.1, -0.05) is 43.7 Å². The van der Waals surface area contributed by atoms with Gasteiger partial charge in [0.1, 0.15) is 5.01 Å². The van der Waals surface area contributed by atoms with E-state index in [1.807, 2.05) is 18.2 Å². The van der Waals surface area contributed by atoms with Gasteiger partial charge in [0.25, 0.3) is 0 Å². The summed E-state index contributed by atoms with van der Waals surface area (Å²) in [5.41, 5.74) is 2.27. The Morgan fingerprint density at radius 3 is 2.70 bits per heavy atom. The Morgan fingerprint density at radius 1 is 1.20 bits per heavy atom. The topological polar surface area (TPSA) is 36.4 Å². The number of aliphatic hydroxyl groups excluding tert-OH is 1. The van der Waals surface area contributed by atoms with E-state index in [2.05, 4.69) is 29.3 Å². The van der Waals surface area contributed by atoms with Crippen molar-refractivity contribution in [1.82, 2.24) is 9.88 Å². The van der Waals surface area contributed by atoms with Gasteiger partial charge in [0.15, 0.2) is 0 Å². The van der Waals surface area contributed by atoms with Gasteiger partial charge in [-0.2, -0.15) is 0 Å². The molecule has 0 radical (unpaired) electrons. The zero-order chi connectivity index (χ0) is 14.2. The van der Waals surface area contributed by atoms with Gasteiger partial charge in [-0.3, -0.25) is 4.90 Å². The fraction of sp³-hybridized carbons (Fsp3) is 0.438. The van der Waals surface area contributed by atoms with E-state index in [-0.39, 0.29) is 6.61 Å². The lowest BCUT2D eigenvalue weighted by molar-refractivity contribution is 0.187. The molecule has 0 aliphatic heterocycles. The second-order valence-electron chi connectivity index (χ2n) is 4.86. The van der Waals surface area contributed by atoms with Crippen LogP contribution in [0.5, 0.6) is 0 Å². The molecule has 2 aromatic rings. The lowest BCUT2D eigenvalue weighted by Gasteiger charge is -2.19. The lowest BCUT2D eigenvalue weighted by atomic mass is 10.2. The normalized spacial score (nSPS) is 11.2. The Morgan fingerprint density at radius 2 is 2.00 bits per heavy atom. The molecule has 1 heterocycles. The van der Waals surface area contributed by atoms with Crippen LogP contribution in [-0.4, -0.2) is 34.7 Å². The van der Waals surface area contributed by atoms with Gasteiger partial charge in [0, 0.05) is 24.0 Å². The average molecular weight is 290 g/mol. The van der Waals surface area contributed by atoms with Gasteiger partial charge in [0.2, 0.25) is 0 Å². The van der Waals surface area contributed by atoms with Crippen LogP contribution >= 0.6 is 11.3 Å². The van der Waals surface area contributed by atoms with E-state index in [9.17, 15) is 0 Å². The molecule has 0 amide bonds. The van der Waals surface area contributed by atoms with E-state index >= 15 is 0 Å². The van der Waals surface area contributed by atoms with E-state index in [0.29, 0.717) is 0 Å². The third-order valence-corrected chi connectivity index (χ3v) is 4.14. The summed E-state index contributed by atoms with van der Waals surface area (Å²) in [6, 6.07) is 10.3. The highest BCUT2D eigenvalue weighted by Gasteiger charge is 2.09. The van der Waals surface area contributed by atoms with Crippen LogP contribution in [-0.2, 0) is 6.54 Å². The maximum atomic E-state index is 9.14. The molecule has 0 bridgehead atoms. The third-order valence-electron chi connectivity index (χ3n) is 3.20. The van der Waals surface area contributed by atoms with Gasteiger partial charge in [-0.15, -0.1) is 11.3 Å². The van der Waals surface area contributed by atoms with Crippen LogP contribution in [0, 0.1) is 0 Å². The molecule has 4 heteroatoms. The molecule has 0 saturated heterocycles. The Hall–Kier alpha value is -1.23.